The van der Waals surface area contributed by atoms with E-state index in [-0.39, 0.29) is 10.8 Å². The van der Waals surface area contributed by atoms with E-state index in [0.29, 0.717) is 0 Å². The summed E-state index contributed by atoms with van der Waals surface area (Å²) in [6, 6.07) is 39.3. The highest BCUT2D eigenvalue weighted by atomic mass is 127. The van der Waals surface area contributed by atoms with Crippen LogP contribution in [-0.4, -0.2) is 0 Å². The highest BCUT2D eigenvalue weighted by Gasteiger charge is 2.24. The first-order chi connectivity index (χ1) is 15.3. The molecule has 4 rings (SSSR count). The molecule has 0 heterocycles. The molecule has 0 amide bonds. The zero-order chi connectivity index (χ0) is 22.8. The molecule has 1 nitrogen and oxygen atoms in total. The fraction of sp³-hybridized carbons (Fsp3) is 0.200. The van der Waals surface area contributed by atoms with Crippen molar-refractivity contribution in [2.24, 2.45) is 0 Å². The SMILES string of the molecule is CC(C)(c1ccccc1)c1ccc(N(I)c2ccc(C(C)(C)c3ccccc3)cc2)cc1. The Bertz CT molecular complexity index is 1050. The number of rotatable bonds is 6. The van der Waals surface area contributed by atoms with Crippen LogP contribution in [0.3, 0.4) is 0 Å². The molecule has 0 aliphatic carbocycles. The summed E-state index contributed by atoms with van der Waals surface area (Å²) in [7, 11) is 0. The number of hydrogen-bond donors (Lipinski definition) is 0. The van der Waals surface area contributed by atoms with Crippen molar-refractivity contribution in [2.45, 2.75) is 38.5 Å². The van der Waals surface area contributed by atoms with E-state index in [2.05, 4.69) is 163 Å². The molecular formula is C30H30IN. The maximum atomic E-state index is 2.40. The molecule has 0 radical (unpaired) electrons. The molecule has 32 heavy (non-hydrogen) atoms. The van der Waals surface area contributed by atoms with Crippen LogP contribution in [0.25, 0.3) is 0 Å². The maximum Gasteiger partial charge on any atom is 0.0646 e. The van der Waals surface area contributed by atoms with Crippen molar-refractivity contribution < 1.29 is 0 Å². The van der Waals surface area contributed by atoms with Gasteiger partial charge in [-0.3, -0.25) is 3.11 Å². The second-order valence-corrected chi connectivity index (χ2v) is 10.3. The van der Waals surface area contributed by atoms with E-state index in [0.717, 1.165) is 0 Å². The molecule has 4 aromatic rings. The molecule has 0 atom stereocenters. The van der Waals surface area contributed by atoms with Crippen molar-refractivity contribution in [3.8, 4) is 0 Å². The molecule has 0 aromatic heterocycles. The molecule has 0 spiro atoms. The number of benzene rings is 4. The van der Waals surface area contributed by atoms with Crippen molar-refractivity contribution in [1.82, 2.24) is 0 Å². The number of hydrogen-bond acceptors (Lipinski definition) is 1. The highest BCUT2D eigenvalue weighted by Crippen LogP contribution is 2.37. The van der Waals surface area contributed by atoms with Gasteiger partial charge in [0.25, 0.3) is 0 Å². The van der Waals surface area contributed by atoms with Crippen LogP contribution in [0.2, 0.25) is 0 Å². The fourth-order valence-electron chi connectivity index (χ4n) is 4.21. The molecule has 0 N–H and O–H groups in total. The van der Waals surface area contributed by atoms with E-state index < -0.39 is 0 Å². The Hall–Kier alpha value is -2.59. The molecule has 4 aromatic carbocycles. The zero-order valence-corrected chi connectivity index (χ0v) is 21.4. The first-order valence-electron chi connectivity index (χ1n) is 11.1. The minimum absolute atomic E-state index is 0.0272. The Balaban J connectivity index is 1.54. The maximum absolute atomic E-state index is 2.40. The standard InChI is InChI=1S/C30H30IN/c1-29(2,23-11-7-5-8-12-23)25-15-19-27(20-16-25)32(31)28-21-17-26(18-22-28)30(3,4)24-13-9-6-10-14-24/h5-22H,1-4H3. The van der Waals surface area contributed by atoms with Crippen molar-refractivity contribution in [1.29, 1.82) is 0 Å². The third-order valence-electron chi connectivity index (χ3n) is 6.62. The molecule has 0 saturated heterocycles. The van der Waals surface area contributed by atoms with Crippen molar-refractivity contribution >= 4 is 34.2 Å². The average molecular weight is 531 g/mol. The molecule has 162 valence electrons. The quantitative estimate of drug-likeness (QED) is 0.178. The van der Waals surface area contributed by atoms with E-state index >= 15 is 0 Å². The fourth-order valence-corrected chi connectivity index (χ4v) is 4.85. The zero-order valence-electron chi connectivity index (χ0n) is 19.2. The topological polar surface area (TPSA) is 3.24 Å². The molecule has 0 bridgehead atoms. The summed E-state index contributed by atoms with van der Waals surface area (Å²) in [6.45, 7) is 9.14. The van der Waals surface area contributed by atoms with Gasteiger partial charge in [-0.1, -0.05) is 113 Å². The number of anilines is 2. The van der Waals surface area contributed by atoms with Gasteiger partial charge in [0, 0.05) is 10.8 Å². The predicted octanol–water partition coefficient (Wildman–Crippen LogP) is 8.83. The second kappa shape index (κ2) is 9.11. The number of nitrogens with zero attached hydrogens (tertiary/aromatic N) is 1. The third kappa shape index (κ3) is 4.47. The predicted molar refractivity (Wildman–Crippen MR) is 146 cm³/mol. The summed E-state index contributed by atoms with van der Waals surface area (Å²) in [5.74, 6) is 0. The average Bonchev–Trinajstić information content (AvgIpc) is 2.85. The lowest BCUT2D eigenvalue weighted by Crippen LogP contribution is -2.19. The van der Waals surface area contributed by atoms with E-state index in [1.807, 2.05) is 0 Å². The van der Waals surface area contributed by atoms with Crippen LogP contribution in [-0.2, 0) is 10.8 Å². The van der Waals surface area contributed by atoms with Crippen LogP contribution in [0, 0.1) is 0 Å². The molecule has 2 heteroatoms. The largest absolute Gasteiger partial charge is 0.283 e. The summed E-state index contributed by atoms with van der Waals surface area (Å²) in [4.78, 5) is 0. The molecule has 0 fully saturated rings. The van der Waals surface area contributed by atoms with E-state index in [4.69, 9.17) is 0 Å². The summed E-state index contributed by atoms with van der Waals surface area (Å²) in [6.07, 6.45) is 0. The van der Waals surface area contributed by atoms with Crippen LogP contribution in [0.4, 0.5) is 11.4 Å². The van der Waals surface area contributed by atoms with Gasteiger partial charge in [0.15, 0.2) is 0 Å². The lowest BCUT2D eigenvalue weighted by atomic mass is 9.78. The van der Waals surface area contributed by atoms with Gasteiger partial charge in [0.2, 0.25) is 0 Å². The number of halogens is 1. The monoisotopic (exact) mass is 531 g/mol. The normalized spacial score (nSPS) is 11.9. The molecule has 0 unspecified atom stereocenters. The Morgan fingerprint density at radius 2 is 0.719 bits per heavy atom. The van der Waals surface area contributed by atoms with Gasteiger partial charge in [-0.05, 0) is 46.5 Å². The summed E-state index contributed by atoms with van der Waals surface area (Å²) in [5.41, 5.74) is 7.59. The van der Waals surface area contributed by atoms with Gasteiger partial charge < -0.3 is 0 Å². The molecule has 0 aliphatic heterocycles. The Kier molecular flexibility index (Phi) is 6.43. The first kappa shape index (κ1) is 22.6. The van der Waals surface area contributed by atoms with Crippen LogP contribution < -0.4 is 3.11 Å². The van der Waals surface area contributed by atoms with Crippen LogP contribution in [0.5, 0.6) is 0 Å². The van der Waals surface area contributed by atoms with E-state index in [9.17, 15) is 0 Å². The van der Waals surface area contributed by atoms with Crippen molar-refractivity contribution in [3.05, 3.63) is 131 Å². The Morgan fingerprint density at radius 3 is 1.03 bits per heavy atom. The van der Waals surface area contributed by atoms with Crippen LogP contribution >= 0.6 is 22.9 Å². The molecule has 0 aliphatic rings. The highest BCUT2D eigenvalue weighted by molar-refractivity contribution is 14.1. The van der Waals surface area contributed by atoms with Crippen LogP contribution in [0.1, 0.15) is 49.9 Å². The van der Waals surface area contributed by atoms with Crippen molar-refractivity contribution in [2.75, 3.05) is 3.11 Å². The lowest BCUT2D eigenvalue weighted by Gasteiger charge is -2.28. The van der Waals surface area contributed by atoms with Gasteiger partial charge in [-0.2, -0.15) is 0 Å². The second-order valence-electron chi connectivity index (χ2n) is 9.36. The summed E-state index contributed by atoms with van der Waals surface area (Å²) < 4.78 is 2.22. The van der Waals surface area contributed by atoms with E-state index in [1.165, 1.54) is 33.6 Å². The lowest BCUT2D eigenvalue weighted by molar-refractivity contribution is 0.641. The smallest absolute Gasteiger partial charge is 0.0646 e. The van der Waals surface area contributed by atoms with Gasteiger partial charge in [-0.15, -0.1) is 0 Å². The minimum Gasteiger partial charge on any atom is -0.283 e. The van der Waals surface area contributed by atoms with Gasteiger partial charge in [0.05, 0.1) is 34.2 Å². The van der Waals surface area contributed by atoms with Crippen LogP contribution in [0.15, 0.2) is 109 Å². The third-order valence-corrected chi connectivity index (χ3v) is 7.74. The van der Waals surface area contributed by atoms with Gasteiger partial charge >= 0.3 is 0 Å². The van der Waals surface area contributed by atoms with Gasteiger partial charge in [0.1, 0.15) is 0 Å². The summed E-state index contributed by atoms with van der Waals surface area (Å²) in [5, 5.41) is 0. The van der Waals surface area contributed by atoms with E-state index in [1.54, 1.807) is 0 Å². The van der Waals surface area contributed by atoms with Crippen molar-refractivity contribution in [3.63, 3.8) is 0 Å². The van der Waals surface area contributed by atoms with Gasteiger partial charge in [-0.25, -0.2) is 0 Å². The molecular weight excluding hydrogens is 501 g/mol. The minimum atomic E-state index is -0.0272. The Morgan fingerprint density at radius 1 is 0.438 bits per heavy atom. The molecule has 0 saturated carbocycles. The summed E-state index contributed by atoms with van der Waals surface area (Å²) >= 11 is 2.40. The first-order valence-corrected chi connectivity index (χ1v) is 12.0. The Labute approximate surface area is 206 Å².